The van der Waals surface area contributed by atoms with Crippen molar-refractivity contribution in [3.05, 3.63) is 59.1 Å². The van der Waals surface area contributed by atoms with Crippen LogP contribution in [0.2, 0.25) is 5.02 Å². The molecule has 0 aromatic heterocycles. The van der Waals surface area contributed by atoms with Crippen molar-refractivity contribution in [1.82, 2.24) is 0 Å². The number of azo groups is 1. The average molecular weight is 400 g/mol. The Bertz CT molecular complexity index is 1120. The molecule has 0 bridgehead atoms. The summed E-state index contributed by atoms with van der Waals surface area (Å²) >= 11 is 6.02. The molecule has 1 radical (unpaired) electrons. The molecule has 9 heteroatoms. The second-order valence-corrected chi connectivity index (χ2v) is 7.20. The van der Waals surface area contributed by atoms with E-state index in [9.17, 15) is 18.1 Å². The van der Waals surface area contributed by atoms with E-state index in [2.05, 4.69) is 10.2 Å². The number of phenols is 1. The van der Waals surface area contributed by atoms with Crippen LogP contribution in [0.5, 0.6) is 5.75 Å². The van der Waals surface area contributed by atoms with Gasteiger partial charge in [0.25, 0.3) is 10.1 Å². The van der Waals surface area contributed by atoms with E-state index in [0.717, 1.165) is 5.39 Å². The number of phenolic OH excluding ortho intramolecular Hbond substituents is 1. The van der Waals surface area contributed by atoms with E-state index >= 15 is 0 Å². The molecule has 6 nitrogen and oxygen atoms in total. The number of nitrogens with zero attached hydrogens (tertiary/aromatic N) is 2. The fourth-order valence-electron chi connectivity index (χ4n) is 2.38. The second-order valence-electron chi connectivity index (χ2n) is 5.40. The SMILES string of the molecule is Cc1cc(S(=O)(=O)O)c(N=Nc2c(O)ccc3ccccc23)cc1Cl.[Na]. The van der Waals surface area contributed by atoms with Crippen molar-refractivity contribution >= 4 is 73.4 Å². The predicted octanol–water partition coefficient (Wildman–Crippen LogP) is 4.79. The van der Waals surface area contributed by atoms with Crippen molar-refractivity contribution < 1.29 is 18.1 Å². The normalized spacial score (nSPS) is 11.7. The topological polar surface area (TPSA) is 99.3 Å². The minimum Gasteiger partial charge on any atom is -0.506 e. The fraction of sp³-hybridized carbons (Fsp3) is 0.0588. The molecular weight excluding hydrogens is 387 g/mol. The maximum Gasteiger partial charge on any atom is 0.296 e. The fourth-order valence-corrected chi connectivity index (χ4v) is 3.23. The largest absolute Gasteiger partial charge is 0.506 e. The number of rotatable bonds is 3. The minimum absolute atomic E-state index is 0. The van der Waals surface area contributed by atoms with Gasteiger partial charge in [0.1, 0.15) is 22.0 Å². The molecule has 0 fully saturated rings. The van der Waals surface area contributed by atoms with Gasteiger partial charge in [0.2, 0.25) is 0 Å². The van der Waals surface area contributed by atoms with E-state index in [1.807, 2.05) is 12.1 Å². The molecule has 129 valence electrons. The third-order valence-corrected chi connectivity index (χ3v) is 4.95. The van der Waals surface area contributed by atoms with Crippen LogP contribution in [-0.2, 0) is 10.1 Å². The van der Waals surface area contributed by atoms with E-state index in [-0.39, 0.29) is 51.7 Å². The van der Waals surface area contributed by atoms with Gasteiger partial charge < -0.3 is 5.11 Å². The molecule has 0 unspecified atom stereocenters. The second kappa shape index (κ2) is 8.04. The molecule has 0 spiro atoms. The Kier molecular flexibility index (Phi) is 6.44. The van der Waals surface area contributed by atoms with Crippen LogP contribution < -0.4 is 0 Å². The first-order valence-corrected chi connectivity index (χ1v) is 8.99. The predicted molar refractivity (Wildman–Crippen MR) is 102 cm³/mol. The molecule has 0 saturated heterocycles. The summed E-state index contributed by atoms with van der Waals surface area (Å²) in [6.45, 7) is 1.61. The van der Waals surface area contributed by atoms with E-state index in [4.69, 9.17) is 11.6 Å². The maximum absolute atomic E-state index is 11.6. The summed E-state index contributed by atoms with van der Waals surface area (Å²) in [5.74, 6) is -0.103. The Balaban J connectivity index is 0.00000243. The first-order chi connectivity index (χ1) is 11.8. The number of benzene rings is 3. The molecule has 0 heterocycles. The number of aromatic hydroxyl groups is 1. The molecule has 0 aliphatic rings. The van der Waals surface area contributed by atoms with Crippen LogP contribution in [0.4, 0.5) is 11.4 Å². The van der Waals surface area contributed by atoms with Gasteiger partial charge >= 0.3 is 0 Å². The molecule has 0 amide bonds. The average Bonchev–Trinajstić information content (AvgIpc) is 2.55. The Hall–Kier alpha value is -1.48. The van der Waals surface area contributed by atoms with Crippen molar-refractivity contribution in [3.63, 3.8) is 0 Å². The van der Waals surface area contributed by atoms with Crippen molar-refractivity contribution in [1.29, 1.82) is 0 Å². The molecular formula is C17H13ClN2NaO4S. The van der Waals surface area contributed by atoms with Crippen LogP contribution in [-0.4, -0.2) is 47.6 Å². The van der Waals surface area contributed by atoms with Gasteiger partial charge in [0.15, 0.2) is 0 Å². The first kappa shape index (κ1) is 20.8. The Morgan fingerprint density at radius 1 is 1.04 bits per heavy atom. The molecule has 3 aromatic rings. The number of halogens is 1. The number of hydrogen-bond acceptors (Lipinski definition) is 5. The van der Waals surface area contributed by atoms with E-state index in [1.54, 1.807) is 25.1 Å². The van der Waals surface area contributed by atoms with Gasteiger partial charge in [-0.1, -0.05) is 41.9 Å². The van der Waals surface area contributed by atoms with Crippen LogP contribution >= 0.6 is 11.6 Å². The van der Waals surface area contributed by atoms with E-state index in [1.165, 1.54) is 18.2 Å². The summed E-state index contributed by atoms with van der Waals surface area (Å²) in [7, 11) is -4.50. The van der Waals surface area contributed by atoms with Gasteiger partial charge in [0, 0.05) is 40.0 Å². The zero-order valence-corrected chi connectivity index (χ0v) is 17.6. The molecule has 0 saturated carbocycles. The summed E-state index contributed by atoms with van der Waals surface area (Å²) < 4.78 is 32.5. The van der Waals surface area contributed by atoms with Gasteiger partial charge in [-0.15, -0.1) is 10.2 Å². The molecule has 3 rings (SSSR count). The van der Waals surface area contributed by atoms with E-state index < -0.39 is 15.0 Å². The summed E-state index contributed by atoms with van der Waals surface area (Å²) in [5, 5.41) is 19.7. The van der Waals surface area contributed by atoms with Crippen LogP contribution in [0, 0.1) is 6.92 Å². The monoisotopic (exact) mass is 399 g/mol. The summed E-state index contributed by atoms with van der Waals surface area (Å²) in [6.07, 6.45) is 0. The van der Waals surface area contributed by atoms with Gasteiger partial charge in [-0.05, 0) is 36.1 Å². The quantitative estimate of drug-likeness (QED) is 0.375. The van der Waals surface area contributed by atoms with Crippen molar-refractivity contribution in [2.24, 2.45) is 10.2 Å². The minimum atomic E-state index is -4.50. The molecule has 3 aromatic carbocycles. The zero-order chi connectivity index (χ0) is 18.2. The maximum atomic E-state index is 11.6. The van der Waals surface area contributed by atoms with Gasteiger partial charge in [-0.25, -0.2) is 0 Å². The molecule has 0 aliphatic heterocycles. The molecule has 0 atom stereocenters. The van der Waals surface area contributed by atoms with Crippen LogP contribution in [0.25, 0.3) is 10.8 Å². The first-order valence-electron chi connectivity index (χ1n) is 7.17. The Labute approximate surface area is 177 Å². The number of aryl methyl sites for hydroxylation is 1. The van der Waals surface area contributed by atoms with Crippen molar-refractivity contribution in [2.45, 2.75) is 11.8 Å². The van der Waals surface area contributed by atoms with Gasteiger partial charge in [0.05, 0.1) is 0 Å². The van der Waals surface area contributed by atoms with Gasteiger partial charge in [-0.3, -0.25) is 4.55 Å². The molecule has 0 aliphatic carbocycles. The van der Waals surface area contributed by atoms with Crippen molar-refractivity contribution in [2.75, 3.05) is 0 Å². The van der Waals surface area contributed by atoms with E-state index in [0.29, 0.717) is 10.9 Å². The standard InChI is InChI=1S/C17H13ClN2O4S.Na/c1-10-8-16(25(22,23)24)14(9-13(10)18)19-20-17-12-5-3-2-4-11(12)6-7-15(17)21;/h2-9,21H,1H3,(H,22,23,24);. The van der Waals surface area contributed by atoms with Crippen LogP contribution in [0.3, 0.4) is 0 Å². The Morgan fingerprint density at radius 3 is 2.42 bits per heavy atom. The molecule has 26 heavy (non-hydrogen) atoms. The summed E-state index contributed by atoms with van der Waals surface area (Å²) in [4.78, 5) is -0.405. The van der Waals surface area contributed by atoms with Crippen LogP contribution in [0.15, 0.2) is 63.7 Å². The van der Waals surface area contributed by atoms with Gasteiger partial charge in [-0.2, -0.15) is 8.42 Å². The smallest absolute Gasteiger partial charge is 0.296 e. The summed E-state index contributed by atoms with van der Waals surface area (Å²) in [5.41, 5.74) is 0.544. The third kappa shape index (κ3) is 4.25. The number of fused-ring (bicyclic) bond motifs is 1. The third-order valence-electron chi connectivity index (χ3n) is 3.66. The number of hydrogen-bond donors (Lipinski definition) is 2. The molecule has 2 N–H and O–H groups in total. The van der Waals surface area contributed by atoms with Crippen molar-refractivity contribution in [3.8, 4) is 5.75 Å². The summed E-state index contributed by atoms with van der Waals surface area (Å²) in [6, 6.07) is 13.0. The zero-order valence-electron chi connectivity index (χ0n) is 14.0. The Morgan fingerprint density at radius 2 is 1.73 bits per heavy atom. The van der Waals surface area contributed by atoms with Crippen LogP contribution in [0.1, 0.15) is 5.56 Å².